The van der Waals surface area contributed by atoms with Gasteiger partial charge in [0.1, 0.15) is 12.6 Å². The summed E-state index contributed by atoms with van der Waals surface area (Å²) in [4.78, 5) is 35.6. The number of aliphatic carboxylic acids is 1. The average Bonchev–Trinajstić information content (AvgIpc) is 3.16. The third-order valence-electron chi connectivity index (χ3n) is 5.92. The minimum Gasteiger partial charge on any atom is -0.481 e. The molecule has 34 heavy (non-hydrogen) atoms. The van der Waals surface area contributed by atoms with Crippen LogP contribution in [0.15, 0.2) is 72.8 Å². The van der Waals surface area contributed by atoms with Crippen molar-refractivity contribution in [2.24, 2.45) is 0 Å². The molecule has 7 nitrogen and oxygen atoms in total. The number of carboxylic acid groups (broad SMARTS) is 1. The van der Waals surface area contributed by atoms with Crippen molar-refractivity contribution < 1.29 is 24.2 Å². The maximum Gasteiger partial charge on any atom is 0.407 e. The summed E-state index contributed by atoms with van der Waals surface area (Å²) in [6, 6.07) is 22.3. The minimum absolute atomic E-state index is 0.0484. The predicted molar refractivity (Wildman–Crippen MR) is 129 cm³/mol. The lowest BCUT2D eigenvalue weighted by Crippen LogP contribution is -2.42. The second-order valence-corrected chi connectivity index (χ2v) is 8.27. The van der Waals surface area contributed by atoms with Gasteiger partial charge in [0.15, 0.2) is 0 Å². The lowest BCUT2D eigenvalue weighted by atomic mass is 9.98. The molecule has 0 fully saturated rings. The molecule has 0 saturated carbocycles. The van der Waals surface area contributed by atoms with E-state index < -0.39 is 18.1 Å². The van der Waals surface area contributed by atoms with Crippen molar-refractivity contribution in [1.82, 2.24) is 5.32 Å². The monoisotopic (exact) mass is 458 g/mol. The van der Waals surface area contributed by atoms with Crippen LogP contribution in [-0.2, 0) is 20.7 Å². The summed E-state index contributed by atoms with van der Waals surface area (Å²) in [5.41, 5.74) is 5.96. The normalized spacial score (nSPS) is 12.9. The number of anilines is 1. The molecule has 2 amide bonds. The number of fused-ring (bicyclic) bond motifs is 3. The van der Waals surface area contributed by atoms with Crippen LogP contribution < -0.4 is 10.6 Å². The zero-order valence-corrected chi connectivity index (χ0v) is 18.8. The topological polar surface area (TPSA) is 105 Å². The molecule has 1 aliphatic carbocycles. The van der Waals surface area contributed by atoms with Crippen molar-refractivity contribution in [2.45, 2.75) is 31.7 Å². The first-order valence-electron chi connectivity index (χ1n) is 11.2. The standard InChI is InChI=1S/C27H26N2O5/c1-17(26(32)29-19-13-10-18(11-14-19)12-15-25(30)31)28-27(33)34-16-24-22-8-4-2-6-20(22)21-7-3-5-9-23(21)24/h2-11,13-14,17,24H,12,15-16H2,1H3,(H,28,33)(H,29,32)(H,30,31). The van der Waals surface area contributed by atoms with Gasteiger partial charge in [0.05, 0.1) is 0 Å². The van der Waals surface area contributed by atoms with Crippen LogP contribution in [0.3, 0.4) is 0 Å². The van der Waals surface area contributed by atoms with Crippen LogP contribution in [-0.4, -0.2) is 35.7 Å². The molecule has 0 aliphatic heterocycles. The zero-order valence-electron chi connectivity index (χ0n) is 18.8. The zero-order chi connectivity index (χ0) is 24.1. The summed E-state index contributed by atoms with van der Waals surface area (Å²) in [6.45, 7) is 1.75. The minimum atomic E-state index is -0.856. The molecule has 1 atom stereocenters. The summed E-state index contributed by atoms with van der Waals surface area (Å²) in [7, 11) is 0. The van der Waals surface area contributed by atoms with Crippen molar-refractivity contribution in [3.8, 4) is 11.1 Å². The van der Waals surface area contributed by atoms with Crippen LogP contribution in [0.1, 0.15) is 36.0 Å². The molecule has 3 aromatic carbocycles. The van der Waals surface area contributed by atoms with Crippen LogP contribution in [0.5, 0.6) is 0 Å². The van der Waals surface area contributed by atoms with Gasteiger partial charge in [-0.05, 0) is 53.3 Å². The molecule has 0 heterocycles. The van der Waals surface area contributed by atoms with E-state index >= 15 is 0 Å². The number of benzene rings is 3. The molecule has 0 radical (unpaired) electrons. The summed E-state index contributed by atoms with van der Waals surface area (Å²) in [5.74, 6) is -1.29. The van der Waals surface area contributed by atoms with E-state index in [2.05, 4.69) is 22.8 Å². The second kappa shape index (κ2) is 10.2. The summed E-state index contributed by atoms with van der Waals surface area (Å²) < 4.78 is 5.49. The number of carbonyl (C=O) groups is 3. The smallest absolute Gasteiger partial charge is 0.407 e. The van der Waals surface area contributed by atoms with Crippen molar-refractivity contribution >= 4 is 23.7 Å². The molecule has 0 aromatic heterocycles. The van der Waals surface area contributed by atoms with E-state index in [4.69, 9.17) is 9.84 Å². The van der Waals surface area contributed by atoms with Crippen LogP contribution in [0.25, 0.3) is 11.1 Å². The molecule has 0 saturated heterocycles. The third-order valence-corrected chi connectivity index (χ3v) is 5.92. The number of carboxylic acids is 1. The summed E-state index contributed by atoms with van der Waals surface area (Å²) in [5, 5.41) is 14.1. The van der Waals surface area contributed by atoms with E-state index in [0.717, 1.165) is 27.8 Å². The predicted octanol–water partition coefficient (Wildman–Crippen LogP) is 4.57. The van der Waals surface area contributed by atoms with Gasteiger partial charge < -0.3 is 20.5 Å². The number of ether oxygens (including phenoxy) is 1. The van der Waals surface area contributed by atoms with Crippen LogP contribution >= 0.6 is 0 Å². The van der Waals surface area contributed by atoms with Crippen molar-refractivity contribution in [2.75, 3.05) is 11.9 Å². The van der Waals surface area contributed by atoms with E-state index in [9.17, 15) is 14.4 Å². The molecule has 1 unspecified atom stereocenters. The number of alkyl carbamates (subject to hydrolysis) is 1. The lowest BCUT2D eigenvalue weighted by molar-refractivity contribution is -0.137. The van der Waals surface area contributed by atoms with E-state index in [1.54, 1.807) is 31.2 Å². The van der Waals surface area contributed by atoms with E-state index in [-0.39, 0.29) is 24.9 Å². The summed E-state index contributed by atoms with van der Waals surface area (Å²) >= 11 is 0. The number of amides is 2. The first-order valence-corrected chi connectivity index (χ1v) is 11.2. The van der Waals surface area contributed by atoms with Gasteiger partial charge in [-0.15, -0.1) is 0 Å². The molecular formula is C27H26N2O5. The summed E-state index contributed by atoms with van der Waals surface area (Å²) in [6.07, 6.45) is -0.190. The quantitative estimate of drug-likeness (QED) is 0.459. The van der Waals surface area contributed by atoms with Gasteiger partial charge in [-0.1, -0.05) is 60.7 Å². The van der Waals surface area contributed by atoms with Gasteiger partial charge in [0.25, 0.3) is 0 Å². The maximum absolute atomic E-state index is 12.5. The Kier molecular flexibility index (Phi) is 6.92. The Bertz CT molecular complexity index is 1160. The molecule has 0 bridgehead atoms. The maximum atomic E-state index is 12.5. The number of nitrogens with one attached hydrogen (secondary N) is 2. The van der Waals surface area contributed by atoms with Gasteiger partial charge in [0.2, 0.25) is 5.91 Å². The molecule has 0 spiro atoms. The number of rotatable bonds is 8. The first kappa shape index (κ1) is 23.0. The highest BCUT2D eigenvalue weighted by atomic mass is 16.5. The largest absolute Gasteiger partial charge is 0.481 e. The molecule has 3 N–H and O–H groups in total. The van der Waals surface area contributed by atoms with E-state index in [0.29, 0.717) is 12.1 Å². The van der Waals surface area contributed by atoms with Gasteiger partial charge in [-0.2, -0.15) is 0 Å². The Balaban J connectivity index is 1.29. The second-order valence-electron chi connectivity index (χ2n) is 8.27. The Morgan fingerprint density at radius 3 is 2.09 bits per heavy atom. The molecule has 1 aliphatic rings. The van der Waals surface area contributed by atoms with Crippen molar-refractivity contribution in [1.29, 1.82) is 0 Å². The van der Waals surface area contributed by atoms with Crippen LogP contribution in [0.2, 0.25) is 0 Å². The highest BCUT2D eigenvalue weighted by Crippen LogP contribution is 2.44. The van der Waals surface area contributed by atoms with Gasteiger partial charge >= 0.3 is 12.1 Å². The highest BCUT2D eigenvalue weighted by Gasteiger charge is 2.29. The van der Waals surface area contributed by atoms with Crippen molar-refractivity contribution in [3.05, 3.63) is 89.5 Å². The fraction of sp³-hybridized carbons (Fsp3) is 0.222. The van der Waals surface area contributed by atoms with Crippen LogP contribution in [0, 0.1) is 0 Å². The van der Waals surface area contributed by atoms with Crippen molar-refractivity contribution in [3.63, 3.8) is 0 Å². The fourth-order valence-electron chi connectivity index (χ4n) is 4.14. The lowest BCUT2D eigenvalue weighted by Gasteiger charge is -2.17. The number of hydrogen-bond acceptors (Lipinski definition) is 4. The molecular weight excluding hydrogens is 432 g/mol. The Labute approximate surface area is 197 Å². The first-order chi connectivity index (χ1) is 16.4. The van der Waals surface area contributed by atoms with E-state index in [1.165, 1.54) is 0 Å². The Morgan fingerprint density at radius 2 is 1.50 bits per heavy atom. The van der Waals surface area contributed by atoms with E-state index in [1.807, 2.05) is 36.4 Å². The fourth-order valence-corrected chi connectivity index (χ4v) is 4.14. The molecule has 3 aromatic rings. The van der Waals surface area contributed by atoms with Gasteiger partial charge in [-0.25, -0.2) is 4.79 Å². The molecule has 7 heteroatoms. The Hall–Kier alpha value is -4.13. The Morgan fingerprint density at radius 1 is 0.912 bits per heavy atom. The SMILES string of the molecule is CC(NC(=O)OCC1c2ccccc2-c2ccccc21)C(=O)Nc1ccc(CCC(=O)O)cc1. The van der Waals surface area contributed by atoms with Gasteiger partial charge in [-0.3, -0.25) is 9.59 Å². The number of carbonyl (C=O) groups excluding carboxylic acids is 2. The molecule has 174 valence electrons. The number of aryl methyl sites for hydroxylation is 1. The average molecular weight is 459 g/mol. The third kappa shape index (κ3) is 5.26. The highest BCUT2D eigenvalue weighted by molar-refractivity contribution is 5.96. The van der Waals surface area contributed by atoms with Gasteiger partial charge in [0, 0.05) is 18.0 Å². The molecule has 4 rings (SSSR count). The number of hydrogen-bond donors (Lipinski definition) is 3. The van der Waals surface area contributed by atoms with Crippen LogP contribution in [0.4, 0.5) is 10.5 Å².